The van der Waals surface area contributed by atoms with E-state index in [0.29, 0.717) is 11.4 Å². The van der Waals surface area contributed by atoms with Gasteiger partial charge in [0.05, 0.1) is 0 Å². The molecule has 0 radical (unpaired) electrons. The summed E-state index contributed by atoms with van der Waals surface area (Å²) in [5.41, 5.74) is 5.29. The third-order valence-corrected chi connectivity index (χ3v) is 6.59. The van der Waals surface area contributed by atoms with Crippen LogP contribution < -0.4 is 20.5 Å². The highest BCUT2D eigenvalue weighted by atomic mass is 16.5. The standard InChI is InChI=1S/C28H25N3O3/c29-27-24(28(32)30-20-10-12-22(13-11-20)33-21-7-2-1-3-8-21)17-19-16-18-6-4-14-31-15-5-9-23(25(18)31)26(19)34-27/h1-3,7-8,10-13,16-17,29H,4-6,9,14-15H2,(H,30,32). The van der Waals surface area contributed by atoms with Gasteiger partial charge in [0.1, 0.15) is 22.6 Å². The lowest BCUT2D eigenvalue weighted by molar-refractivity contribution is 0.102. The molecule has 2 N–H and O–H groups in total. The Bertz CT molecular complexity index is 1440. The number of aryl methyl sites for hydroxylation is 2. The number of para-hydroxylation sites is 1. The fourth-order valence-electron chi connectivity index (χ4n) is 5.06. The zero-order chi connectivity index (χ0) is 23.1. The SMILES string of the molecule is N=c1oc2c3c4c(cc2cc1C(=O)Nc1ccc(Oc2ccccc2)cc1)CCCN4CCC3. The largest absolute Gasteiger partial charge is 0.457 e. The number of hydrogen-bond donors (Lipinski definition) is 2. The number of nitrogens with zero attached hydrogens (tertiary/aromatic N) is 1. The van der Waals surface area contributed by atoms with Gasteiger partial charge in [-0.2, -0.15) is 0 Å². The number of carbonyl (C=O) groups excluding carboxylic acids is 1. The topological polar surface area (TPSA) is 78.6 Å². The van der Waals surface area contributed by atoms with Crippen molar-refractivity contribution in [2.45, 2.75) is 25.7 Å². The molecular formula is C28H25N3O3. The maximum absolute atomic E-state index is 13.0. The first kappa shape index (κ1) is 20.5. The summed E-state index contributed by atoms with van der Waals surface area (Å²) in [6, 6.07) is 20.7. The number of hydrogen-bond acceptors (Lipinski definition) is 5. The molecule has 6 heteroatoms. The zero-order valence-electron chi connectivity index (χ0n) is 18.8. The summed E-state index contributed by atoms with van der Waals surface area (Å²) in [6.45, 7) is 2.16. The van der Waals surface area contributed by atoms with Crippen LogP contribution in [0, 0.1) is 5.41 Å². The molecule has 1 amide bonds. The van der Waals surface area contributed by atoms with Gasteiger partial charge >= 0.3 is 0 Å². The third kappa shape index (κ3) is 3.71. The average Bonchev–Trinajstić information content (AvgIpc) is 2.86. The average molecular weight is 452 g/mol. The number of amides is 1. The Morgan fingerprint density at radius 1 is 0.941 bits per heavy atom. The highest BCUT2D eigenvalue weighted by molar-refractivity contribution is 6.05. The molecule has 0 unspecified atom stereocenters. The molecule has 0 bridgehead atoms. The van der Waals surface area contributed by atoms with Gasteiger partial charge in [0, 0.05) is 35.4 Å². The highest BCUT2D eigenvalue weighted by Gasteiger charge is 2.27. The van der Waals surface area contributed by atoms with Crippen molar-refractivity contribution in [2.75, 3.05) is 23.3 Å². The van der Waals surface area contributed by atoms with E-state index in [0.717, 1.165) is 55.5 Å². The Labute approximate surface area is 197 Å². The maximum Gasteiger partial charge on any atom is 0.261 e. The van der Waals surface area contributed by atoms with Crippen LogP contribution in [0.15, 0.2) is 71.1 Å². The molecular weight excluding hydrogens is 426 g/mol. The van der Waals surface area contributed by atoms with Gasteiger partial charge in [0.2, 0.25) is 5.55 Å². The van der Waals surface area contributed by atoms with Gasteiger partial charge in [0.15, 0.2) is 0 Å². The van der Waals surface area contributed by atoms with E-state index in [1.807, 2.05) is 30.3 Å². The van der Waals surface area contributed by atoms with Crippen LogP contribution in [-0.2, 0) is 12.8 Å². The van der Waals surface area contributed by atoms with Gasteiger partial charge in [-0.05, 0) is 79.8 Å². The minimum atomic E-state index is -0.361. The van der Waals surface area contributed by atoms with E-state index in [9.17, 15) is 4.79 Å². The van der Waals surface area contributed by atoms with Crippen molar-refractivity contribution in [3.8, 4) is 11.5 Å². The van der Waals surface area contributed by atoms with Crippen LogP contribution in [0.2, 0.25) is 0 Å². The van der Waals surface area contributed by atoms with E-state index in [1.54, 1.807) is 30.3 Å². The third-order valence-electron chi connectivity index (χ3n) is 6.59. The van der Waals surface area contributed by atoms with Gasteiger partial charge in [0.25, 0.3) is 5.91 Å². The molecule has 0 saturated heterocycles. The van der Waals surface area contributed by atoms with Crippen LogP contribution in [0.3, 0.4) is 0 Å². The number of ether oxygens (including phenoxy) is 1. The minimum Gasteiger partial charge on any atom is -0.457 e. The minimum absolute atomic E-state index is 0.113. The highest BCUT2D eigenvalue weighted by Crippen LogP contribution is 2.39. The monoisotopic (exact) mass is 451 g/mol. The normalized spacial score (nSPS) is 14.5. The van der Waals surface area contributed by atoms with Crippen LogP contribution in [0.1, 0.15) is 34.3 Å². The van der Waals surface area contributed by atoms with Crippen molar-refractivity contribution in [2.24, 2.45) is 0 Å². The summed E-state index contributed by atoms with van der Waals surface area (Å²) < 4.78 is 11.8. The smallest absolute Gasteiger partial charge is 0.261 e. The second-order valence-electron chi connectivity index (χ2n) is 8.86. The van der Waals surface area contributed by atoms with Gasteiger partial charge < -0.3 is 19.4 Å². The summed E-state index contributed by atoms with van der Waals surface area (Å²) in [7, 11) is 0. The molecule has 6 nitrogen and oxygen atoms in total. The van der Waals surface area contributed by atoms with Gasteiger partial charge in [-0.15, -0.1) is 0 Å². The first-order valence-electron chi connectivity index (χ1n) is 11.7. The fraction of sp³-hybridized carbons (Fsp3) is 0.214. The van der Waals surface area contributed by atoms with E-state index < -0.39 is 0 Å². The lowest BCUT2D eigenvalue weighted by Crippen LogP contribution is -2.34. The van der Waals surface area contributed by atoms with E-state index in [1.165, 1.54) is 16.8 Å². The Morgan fingerprint density at radius 2 is 1.68 bits per heavy atom. The molecule has 0 atom stereocenters. The predicted molar refractivity (Wildman–Crippen MR) is 132 cm³/mol. The van der Waals surface area contributed by atoms with E-state index in [2.05, 4.69) is 16.3 Å². The van der Waals surface area contributed by atoms with Gasteiger partial charge in [-0.3, -0.25) is 10.2 Å². The lowest BCUT2D eigenvalue weighted by atomic mass is 9.90. The van der Waals surface area contributed by atoms with Crippen LogP contribution >= 0.6 is 0 Å². The first-order valence-corrected chi connectivity index (χ1v) is 11.7. The molecule has 4 aromatic rings. The molecule has 34 heavy (non-hydrogen) atoms. The van der Waals surface area contributed by atoms with Crippen molar-refractivity contribution < 1.29 is 13.9 Å². The Kier molecular flexibility index (Phi) is 5.06. The summed E-state index contributed by atoms with van der Waals surface area (Å²) in [5, 5.41) is 12.2. The molecule has 0 saturated carbocycles. The number of nitrogens with one attached hydrogen (secondary N) is 2. The number of fused-ring (bicyclic) bond motifs is 2. The Morgan fingerprint density at radius 3 is 2.47 bits per heavy atom. The van der Waals surface area contributed by atoms with Gasteiger partial charge in [-0.25, -0.2) is 0 Å². The molecule has 3 heterocycles. The molecule has 2 aliphatic rings. The summed E-state index contributed by atoms with van der Waals surface area (Å²) in [5.74, 6) is 1.07. The molecule has 2 aliphatic heterocycles. The number of anilines is 2. The number of rotatable bonds is 4. The van der Waals surface area contributed by atoms with E-state index >= 15 is 0 Å². The van der Waals surface area contributed by atoms with Crippen LogP contribution in [-0.4, -0.2) is 19.0 Å². The van der Waals surface area contributed by atoms with Crippen molar-refractivity contribution in [1.82, 2.24) is 0 Å². The molecule has 170 valence electrons. The van der Waals surface area contributed by atoms with Crippen molar-refractivity contribution in [3.63, 3.8) is 0 Å². The molecule has 6 rings (SSSR count). The Hall–Kier alpha value is -4.06. The second kappa shape index (κ2) is 8.37. The molecule has 3 aromatic carbocycles. The second-order valence-corrected chi connectivity index (χ2v) is 8.86. The van der Waals surface area contributed by atoms with E-state index in [4.69, 9.17) is 14.6 Å². The Balaban J connectivity index is 1.27. The summed E-state index contributed by atoms with van der Waals surface area (Å²) in [4.78, 5) is 15.5. The maximum atomic E-state index is 13.0. The van der Waals surface area contributed by atoms with E-state index in [-0.39, 0.29) is 17.0 Å². The van der Waals surface area contributed by atoms with Crippen molar-refractivity contribution in [3.05, 3.63) is 89.0 Å². The van der Waals surface area contributed by atoms with Crippen LogP contribution in [0.5, 0.6) is 11.5 Å². The van der Waals surface area contributed by atoms with Crippen LogP contribution in [0.4, 0.5) is 11.4 Å². The lowest BCUT2D eigenvalue weighted by Gasteiger charge is -2.37. The fourth-order valence-corrected chi connectivity index (χ4v) is 5.06. The molecule has 0 aliphatic carbocycles. The summed E-state index contributed by atoms with van der Waals surface area (Å²) in [6.07, 6.45) is 4.21. The van der Waals surface area contributed by atoms with Crippen LogP contribution in [0.25, 0.3) is 11.0 Å². The van der Waals surface area contributed by atoms with Crippen molar-refractivity contribution >= 4 is 28.3 Å². The number of benzene rings is 3. The number of carbonyl (C=O) groups is 1. The van der Waals surface area contributed by atoms with Crippen molar-refractivity contribution in [1.29, 1.82) is 5.41 Å². The zero-order valence-corrected chi connectivity index (χ0v) is 18.8. The summed E-state index contributed by atoms with van der Waals surface area (Å²) >= 11 is 0. The molecule has 1 aromatic heterocycles. The first-order chi connectivity index (χ1) is 16.7. The molecule has 0 fully saturated rings. The molecule has 0 spiro atoms. The quantitative estimate of drug-likeness (QED) is 0.420. The van der Waals surface area contributed by atoms with Gasteiger partial charge in [-0.1, -0.05) is 18.2 Å². The predicted octanol–water partition coefficient (Wildman–Crippen LogP) is 5.66.